The normalized spacial score (nSPS) is 10.2. The molecule has 0 aliphatic rings. The summed E-state index contributed by atoms with van der Waals surface area (Å²) in [5.41, 5.74) is 3.50. The minimum Gasteiger partial charge on any atom is -0.496 e. The average Bonchev–Trinajstić information content (AvgIpc) is 2.42. The molecular formula is C16H16O2. The molecule has 0 spiro atoms. The standard InChI is InChI=1S/C16H16O2/c1-11-9-14(10-15(18-3)12(11)2)16(17)13-7-5-4-6-8-13/h4-10H,1-3H3. The van der Waals surface area contributed by atoms with Crippen molar-refractivity contribution in [2.45, 2.75) is 13.8 Å². The van der Waals surface area contributed by atoms with Crippen LogP contribution in [0.4, 0.5) is 0 Å². The van der Waals surface area contributed by atoms with Crippen molar-refractivity contribution in [1.82, 2.24) is 0 Å². The molecule has 18 heavy (non-hydrogen) atoms. The van der Waals surface area contributed by atoms with Crippen LogP contribution in [0.2, 0.25) is 0 Å². The second-order valence-electron chi connectivity index (χ2n) is 4.32. The van der Waals surface area contributed by atoms with Gasteiger partial charge in [-0.2, -0.15) is 0 Å². The maximum absolute atomic E-state index is 12.3. The van der Waals surface area contributed by atoms with E-state index in [1.54, 1.807) is 13.2 Å². The van der Waals surface area contributed by atoms with Gasteiger partial charge in [-0.15, -0.1) is 0 Å². The number of aryl methyl sites for hydroxylation is 1. The number of benzene rings is 2. The number of hydrogen-bond donors (Lipinski definition) is 0. The van der Waals surface area contributed by atoms with Crippen molar-refractivity contribution in [3.05, 3.63) is 64.7 Å². The lowest BCUT2D eigenvalue weighted by molar-refractivity contribution is 0.103. The first kappa shape index (κ1) is 12.4. The summed E-state index contributed by atoms with van der Waals surface area (Å²) in [4.78, 5) is 12.3. The lowest BCUT2D eigenvalue weighted by atomic mass is 9.98. The molecule has 0 fully saturated rings. The van der Waals surface area contributed by atoms with Gasteiger partial charge in [0.2, 0.25) is 0 Å². The van der Waals surface area contributed by atoms with Crippen LogP contribution in [0, 0.1) is 13.8 Å². The molecule has 0 aromatic heterocycles. The van der Waals surface area contributed by atoms with Gasteiger partial charge in [0.15, 0.2) is 5.78 Å². The van der Waals surface area contributed by atoms with E-state index < -0.39 is 0 Å². The van der Waals surface area contributed by atoms with Crippen LogP contribution in [0.25, 0.3) is 0 Å². The van der Waals surface area contributed by atoms with Crippen LogP contribution in [0.1, 0.15) is 27.0 Å². The largest absolute Gasteiger partial charge is 0.496 e. The van der Waals surface area contributed by atoms with E-state index in [2.05, 4.69) is 0 Å². The highest BCUT2D eigenvalue weighted by Gasteiger charge is 2.12. The fourth-order valence-corrected chi connectivity index (χ4v) is 1.93. The van der Waals surface area contributed by atoms with Crippen molar-refractivity contribution in [2.75, 3.05) is 7.11 Å². The van der Waals surface area contributed by atoms with Crippen LogP contribution in [0.5, 0.6) is 5.75 Å². The predicted octanol–water partition coefficient (Wildman–Crippen LogP) is 3.54. The van der Waals surface area contributed by atoms with E-state index in [4.69, 9.17) is 4.74 Å². The molecule has 2 aromatic carbocycles. The zero-order valence-electron chi connectivity index (χ0n) is 10.9. The molecular weight excluding hydrogens is 224 g/mol. The van der Waals surface area contributed by atoms with Gasteiger partial charge in [0.05, 0.1) is 7.11 Å². The first-order valence-corrected chi connectivity index (χ1v) is 5.88. The minimum atomic E-state index is 0.0250. The van der Waals surface area contributed by atoms with E-state index in [0.717, 1.165) is 16.9 Å². The average molecular weight is 240 g/mol. The molecule has 2 nitrogen and oxygen atoms in total. The highest BCUT2D eigenvalue weighted by Crippen LogP contribution is 2.24. The molecule has 2 aromatic rings. The summed E-state index contributed by atoms with van der Waals surface area (Å²) < 4.78 is 5.30. The quantitative estimate of drug-likeness (QED) is 0.767. The number of ketones is 1. The number of hydrogen-bond acceptors (Lipinski definition) is 2. The van der Waals surface area contributed by atoms with Gasteiger partial charge < -0.3 is 4.74 Å². The minimum absolute atomic E-state index is 0.0250. The third kappa shape index (κ3) is 2.28. The third-order valence-electron chi connectivity index (χ3n) is 3.14. The summed E-state index contributed by atoms with van der Waals surface area (Å²) in [7, 11) is 1.62. The second kappa shape index (κ2) is 5.05. The first-order chi connectivity index (χ1) is 8.63. The summed E-state index contributed by atoms with van der Waals surface area (Å²) in [6.07, 6.45) is 0. The molecule has 2 heteroatoms. The Labute approximate surface area is 107 Å². The van der Waals surface area contributed by atoms with E-state index in [9.17, 15) is 4.79 Å². The molecule has 0 amide bonds. The Morgan fingerprint density at radius 3 is 2.28 bits per heavy atom. The van der Waals surface area contributed by atoms with Crippen molar-refractivity contribution in [3.63, 3.8) is 0 Å². The number of rotatable bonds is 3. The lowest BCUT2D eigenvalue weighted by Crippen LogP contribution is -2.03. The topological polar surface area (TPSA) is 26.3 Å². The SMILES string of the molecule is COc1cc(C(=O)c2ccccc2)cc(C)c1C. The molecule has 0 N–H and O–H groups in total. The van der Waals surface area contributed by atoms with Crippen LogP contribution in [-0.4, -0.2) is 12.9 Å². The van der Waals surface area contributed by atoms with E-state index in [0.29, 0.717) is 11.1 Å². The molecule has 0 atom stereocenters. The van der Waals surface area contributed by atoms with Gasteiger partial charge in [0.25, 0.3) is 0 Å². The van der Waals surface area contributed by atoms with E-state index in [1.807, 2.05) is 50.2 Å². The molecule has 0 bridgehead atoms. The van der Waals surface area contributed by atoms with Crippen LogP contribution < -0.4 is 4.74 Å². The fraction of sp³-hybridized carbons (Fsp3) is 0.188. The fourth-order valence-electron chi connectivity index (χ4n) is 1.93. The molecule has 0 saturated carbocycles. The van der Waals surface area contributed by atoms with Gasteiger partial charge in [0.1, 0.15) is 5.75 Å². The number of methoxy groups -OCH3 is 1. The second-order valence-corrected chi connectivity index (χ2v) is 4.32. The van der Waals surface area contributed by atoms with Crippen LogP contribution in [0.15, 0.2) is 42.5 Å². The van der Waals surface area contributed by atoms with Gasteiger partial charge in [0, 0.05) is 11.1 Å². The Morgan fingerprint density at radius 1 is 1.00 bits per heavy atom. The van der Waals surface area contributed by atoms with Crippen molar-refractivity contribution in [2.24, 2.45) is 0 Å². The van der Waals surface area contributed by atoms with Gasteiger partial charge in [-0.1, -0.05) is 30.3 Å². The van der Waals surface area contributed by atoms with E-state index in [1.165, 1.54) is 0 Å². The number of ether oxygens (including phenoxy) is 1. The summed E-state index contributed by atoms with van der Waals surface area (Å²) in [5, 5.41) is 0. The maximum Gasteiger partial charge on any atom is 0.193 e. The summed E-state index contributed by atoms with van der Waals surface area (Å²) in [6.45, 7) is 3.98. The summed E-state index contributed by atoms with van der Waals surface area (Å²) in [6, 6.07) is 13.0. The highest BCUT2D eigenvalue weighted by molar-refractivity contribution is 6.09. The molecule has 0 heterocycles. The van der Waals surface area contributed by atoms with Crippen molar-refractivity contribution in [1.29, 1.82) is 0 Å². The Morgan fingerprint density at radius 2 is 1.67 bits per heavy atom. The van der Waals surface area contributed by atoms with Crippen molar-refractivity contribution < 1.29 is 9.53 Å². The van der Waals surface area contributed by atoms with E-state index in [-0.39, 0.29) is 5.78 Å². The van der Waals surface area contributed by atoms with Crippen LogP contribution in [-0.2, 0) is 0 Å². The molecule has 0 unspecified atom stereocenters. The van der Waals surface area contributed by atoms with Crippen molar-refractivity contribution in [3.8, 4) is 5.75 Å². The molecule has 0 saturated heterocycles. The molecule has 0 aliphatic heterocycles. The molecule has 0 radical (unpaired) electrons. The molecule has 92 valence electrons. The predicted molar refractivity (Wildman–Crippen MR) is 72.3 cm³/mol. The van der Waals surface area contributed by atoms with Gasteiger partial charge in [-0.05, 0) is 37.1 Å². The summed E-state index contributed by atoms with van der Waals surface area (Å²) in [5.74, 6) is 0.784. The molecule has 0 aliphatic carbocycles. The third-order valence-corrected chi connectivity index (χ3v) is 3.14. The Hall–Kier alpha value is -2.09. The van der Waals surface area contributed by atoms with Crippen LogP contribution >= 0.6 is 0 Å². The van der Waals surface area contributed by atoms with Gasteiger partial charge in [-0.25, -0.2) is 0 Å². The first-order valence-electron chi connectivity index (χ1n) is 5.88. The number of carbonyl (C=O) groups is 1. The van der Waals surface area contributed by atoms with Gasteiger partial charge in [-0.3, -0.25) is 4.79 Å². The number of carbonyl (C=O) groups excluding carboxylic acids is 1. The van der Waals surface area contributed by atoms with E-state index >= 15 is 0 Å². The summed E-state index contributed by atoms with van der Waals surface area (Å²) >= 11 is 0. The zero-order chi connectivity index (χ0) is 13.1. The maximum atomic E-state index is 12.3. The monoisotopic (exact) mass is 240 g/mol. The van der Waals surface area contributed by atoms with Crippen molar-refractivity contribution >= 4 is 5.78 Å². The van der Waals surface area contributed by atoms with Crippen LogP contribution in [0.3, 0.4) is 0 Å². The Bertz CT molecular complexity index is 571. The smallest absolute Gasteiger partial charge is 0.193 e. The van der Waals surface area contributed by atoms with Gasteiger partial charge >= 0.3 is 0 Å². The Kier molecular flexibility index (Phi) is 3.47. The molecule has 2 rings (SSSR count). The highest BCUT2D eigenvalue weighted by atomic mass is 16.5. The lowest BCUT2D eigenvalue weighted by Gasteiger charge is -2.10. The Balaban J connectivity index is 2.46. The zero-order valence-corrected chi connectivity index (χ0v) is 10.9.